The number of hydrogen-bond acceptors (Lipinski definition) is 6. The second kappa shape index (κ2) is 12.2. The zero-order chi connectivity index (χ0) is 15.3. The van der Waals surface area contributed by atoms with Crippen LogP contribution in [0.25, 0.3) is 0 Å². The van der Waals surface area contributed by atoms with Gasteiger partial charge >= 0.3 is 0 Å². The lowest BCUT2D eigenvalue weighted by molar-refractivity contribution is 0.171. The standard InChI is InChI=1S/C15H21NO2S3/c1-13(20-21-15-8-4-5-9-16-15)12-18-10-6-2-3-7-14(19)11-17/h4-5,8-9,13-14,17,19H,3,7,10-12H2,1H3. The third-order valence-corrected chi connectivity index (χ3v) is 5.58. The van der Waals surface area contributed by atoms with Crippen molar-refractivity contribution in [2.45, 2.75) is 35.3 Å². The molecule has 1 heterocycles. The highest BCUT2D eigenvalue weighted by atomic mass is 33.1. The normalized spacial score (nSPS) is 13.3. The van der Waals surface area contributed by atoms with Crippen LogP contribution >= 0.6 is 34.2 Å². The molecule has 0 fully saturated rings. The Labute approximate surface area is 140 Å². The quantitative estimate of drug-likeness (QED) is 0.312. The largest absolute Gasteiger partial charge is 0.395 e. The Morgan fingerprint density at radius 2 is 2.29 bits per heavy atom. The molecule has 116 valence electrons. The first-order chi connectivity index (χ1) is 10.2. The van der Waals surface area contributed by atoms with Crippen molar-refractivity contribution in [2.24, 2.45) is 0 Å². The Balaban J connectivity index is 2.03. The minimum atomic E-state index is 0.0280. The maximum atomic E-state index is 8.81. The van der Waals surface area contributed by atoms with Crippen molar-refractivity contribution in [3.63, 3.8) is 0 Å². The first kappa shape index (κ1) is 18.7. The number of pyridine rings is 1. The van der Waals surface area contributed by atoms with E-state index in [1.807, 2.05) is 18.2 Å². The van der Waals surface area contributed by atoms with Crippen molar-refractivity contribution in [1.82, 2.24) is 4.98 Å². The summed E-state index contributed by atoms with van der Waals surface area (Å²) < 4.78 is 5.52. The molecule has 1 aromatic heterocycles. The molecule has 0 aromatic carbocycles. The number of ether oxygens (including phenoxy) is 1. The fourth-order valence-electron chi connectivity index (χ4n) is 1.30. The lowest BCUT2D eigenvalue weighted by atomic mass is 10.2. The van der Waals surface area contributed by atoms with E-state index in [1.165, 1.54) is 0 Å². The predicted molar refractivity (Wildman–Crippen MR) is 94.8 cm³/mol. The molecule has 1 N–H and O–H groups in total. The topological polar surface area (TPSA) is 42.4 Å². The number of hydrogen-bond donors (Lipinski definition) is 2. The molecule has 0 saturated carbocycles. The van der Waals surface area contributed by atoms with Gasteiger partial charge in [-0.2, -0.15) is 12.6 Å². The van der Waals surface area contributed by atoms with Crippen LogP contribution in [0.3, 0.4) is 0 Å². The van der Waals surface area contributed by atoms with Gasteiger partial charge in [0.25, 0.3) is 0 Å². The van der Waals surface area contributed by atoms with Gasteiger partial charge in [-0.05, 0) is 29.3 Å². The number of aromatic nitrogens is 1. The number of aliphatic hydroxyl groups excluding tert-OH is 1. The Kier molecular flexibility index (Phi) is 10.9. The molecule has 2 atom stereocenters. The van der Waals surface area contributed by atoms with Crippen LogP contribution in [0.4, 0.5) is 0 Å². The summed E-state index contributed by atoms with van der Waals surface area (Å²) in [5.41, 5.74) is 0. The molecule has 0 saturated heterocycles. The minimum absolute atomic E-state index is 0.0280. The first-order valence-electron chi connectivity index (χ1n) is 6.79. The van der Waals surface area contributed by atoms with Gasteiger partial charge in [-0.15, -0.1) is 5.92 Å². The molecule has 2 unspecified atom stereocenters. The number of nitrogens with zero attached hydrogens (tertiary/aromatic N) is 1. The van der Waals surface area contributed by atoms with Crippen LogP contribution in [0.5, 0.6) is 0 Å². The van der Waals surface area contributed by atoms with Crippen LogP contribution in [0, 0.1) is 11.8 Å². The lowest BCUT2D eigenvalue weighted by Gasteiger charge is -2.09. The molecule has 0 radical (unpaired) electrons. The zero-order valence-electron chi connectivity index (χ0n) is 12.1. The summed E-state index contributed by atoms with van der Waals surface area (Å²) in [6.45, 7) is 3.35. The summed E-state index contributed by atoms with van der Waals surface area (Å²) in [5.74, 6) is 6.00. The fraction of sp³-hybridized carbons (Fsp3) is 0.533. The Hall–Kier alpha value is -0.320. The third-order valence-electron chi connectivity index (χ3n) is 2.40. The van der Waals surface area contributed by atoms with Gasteiger partial charge in [0.1, 0.15) is 11.6 Å². The molecule has 0 aliphatic carbocycles. The SMILES string of the molecule is CC(COCC#CCCC(S)CO)SSc1ccccn1. The lowest BCUT2D eigenvalue weighted by Crippen LogP contribution is -2.06. The van der Waals surface area contributed by atoms with E-state index in [0.29, 0.717) is 18.5 Å². The fourth-order valence-corrected chi connectivity index (χ4v) is 3.33. The van der Waals surface area contributed by atoms with E-state index in [9.17, 15) is 0 Å². The molecule has 21 heavy (non-hydrogen) atoms. The van der Waals surface area contributed by atoms with Crippen LogP contribution in [0.2, 0.25) is 0 Å². The molecule has 1 rings (SSSR count). The second-order valence-corrected chi connectivity index (χ2v) is 7.79. The van der Waals surface area contributed by atoms with Crippen LogP contribution in [0.15, 0.2) is 29.4 Å². The van der Waals surface area contributed by atoms with Gasteiger partial charge in [-0.25, -0.2) is 4.98 Å². The van der Waals surface area contributed by atoms with Crippen molar-refractivity contribution < 1.29 is 9.84 Å². The second-order valence-electron chi connectivity index (χ2n) is 4.40. The van der Waals surface area contributed by atoms with E-state index in [2.05, 4.69) is 36.4 Å². The third kappa shape index (κ3) is 10.1. The number of aliphatic hydroxyl groups is 1. The van der Waals surface area contributed by atoms with Gasteiger partial charge in [-0.1, -0.05) is 29.7 Å². The molecule has 0 spiro atoms. The molecule has 0 bridgehead atoms. The van der Waals surface area contributed by atoms with E-state index in [0.717, 1.165) is 17.9 Å². The van der Waals surface area contributed by atoms with Crippen molar-refractivity contribution in [1.29, 1.82) is 0 Å². The molecule has 0 aliphatic rings. The van der Waals surface area contributed by atoms with Gasteiger partial charge < -0.3 is 9.84 Å². The van der Waals surface area contributed by atoms with Gasteiger partial charge in [0.15, 0.2) is 0 Å². The zero-order valence-corrected chi connectivity index (χ0v) is 14.6. The van der Waals surface area contributed by atoms with E-state index in [1.54, 1.807) is 27.8 Å². The van der Waals surface area contributed by atoms with Crippen LogP contribution in [0.1, 0.15) is 19.8 Å². The smallest absolute Gasteiger partial charge is 0.107 e. The highest BCUT2D eigenvalue weighted by Crippen LogP contribution is 2.32. The average Bonchev–Trinajstić information content (AvgIpc) is 2.52. The maximum absolute atomic E-state index is 8.81. The van der Waals surface area contributed by atoms with Crippen LogP contribution in [-0.2, 0) is 4.74 Å². The Bertz CT molecular complexity index is 434. The van der Waals surface area contributed by atoms with Crippen LogP contribution < -0.4 is 0 Å². The minimum Gasteiger partial charge on any atom is -0.395 e. The monoisotopic (exact) mass is 343 g/mol. The molecule has 0 amide bonds. The van der Waals surface area contributed by atoms with Gasteiger partial charge in [0.05, 0.1) is 13.2 Å². The Morgan fingerprint density at radius 1 is 1.43 bits per heavy atom. The molecule has 3 nitrogen and oxygen atoms in total. The summed E-state index contributed by atoms with van der Waals surface area (Å²) in [5, 5.41) is 10.2. The molecule has 1 aromatic rings. The Morgan fingerprint density at radius 3 is 3.00 bits per heavy atom. The molecular weight excluding hydrogens is 322 g/mol. The molecule has 6 heteroatoms. The van der Waals surface area contributed by atoms with Gasteiger partial charge in [0, 0.05) is 23.1 Å². The van der Waals surface area contributed by atoms with E-state index < -0.39 is 0 Å². The van der Waals surface area contributed by atoms with E-state index in [4.69, 9.17) is 9.84 Å². The van der Waals surface area contributed by atoms with Crippen molar-refractivity contribution in [3.8, 4) is 11.8 Å². The van der Waals surface area contributed by atoms with Crippen molar-refractivity contribution >= 4 is 34.2 Å². The molecule has 0 aliphatic heterocycles. The highest BCUT2D eigenvalue weighted by Gasteiger charge is 2.04. The summed E-state index contributed by atoms with van der Waals surface area (Å²) in [6, 6.07) is 5.90. The summed E-state index contributed by atoms with van der Waals surface area (Å²) in [6.07, 6.45) is 3.35. The highest BCUT2D eigenvalue weighted by molar-refractivity contribution is 8.76. The van der Waals surface area contributed by atoms with E-state index in [-0.39, 0.29) is 11.9 Å². The number of rotatable bonds is 9. The van der Waals surface area contributed by atoms with Crippen molar-refractivity contribution in [3.05, 3.63) is 24.4 Å². The summed E-state index contributed by atoms with van der Waals surface area (Å²) >= 11 is 4.19. The van der Waals surface area contributed by atoms with Crippen molar-refractivity contribution in [2.75, 3.05) is 19.8 Å². The molecular formula is C15H21NO2S3. The number of thiol groups is 1. The summed E-state index contributed by atoms with van der Waals surface area (Å²) in [7, 11) is 3.41. The average molecular weight is 344 g/mol. The first-order valence-corrected chi connectivity index (χ1v) is 9.52. The van der Waals surface area contributed by atoms with Gasteiger partial charge in [0.2, 0.25) is 0 Å². The van der Waals surface area contributed by atoms with Gasteiger partial charge in [-0.3, -0.25) is 0 Å². The van der Waals surface area contributed by atoms with Crippen LogP contribution in [-0.4, -0.2) is 40.4 Å². The maximum Gasteiger partial charge on any atom is 0.107 e. The predicted octanol–water partition coefficient (Wildman–Crippen LogP) is 3.30. The summed E-state index contributed by atoms with van der Waals surface area (Å²) in [4.78, 5) is 4.26. The van der Waals surface area contributed by atoms with E-state index >= 15 is 0 Å².